The monoisotopic (exact) mass is 251 g/mol. The number of methoxy groups -OCH3 is 2. The molecule has 0 aromatic heterocycles. The molecule has 1 aromatic carbocycles. The van der Waals surface area contributed by atoms with Crippen molar-refractivity contribution >= 4 is 11.6 Å². The van der Waals surface area contributed by atoms with Gasteiger partial charge in [-0.2, -0.15) is 0 Å². The van der Waals surface area contributed by atoms with Crippen LogP contribution in [0.25, 0.3) is 0 Å². The molecule has 1 atom stereocenters. The van der Waals surface area contributed by atoms with Crippen LogP contribution in [0.3, 0.4) is 0 Å². The molecular formula is C13H17NO4. The molecule has 98 valence electrons. The van der Waals surface area contributed by atoms with Crippen LogP contribution < -0.4 is 14.8 Å². The van der Waals surface area contributed by atoms with Gasteiger partial charge in [0.1, 0.15) is 17.6 Å². The van der Waals surface area contributed by atoms with E-state index in [9.17, 15) is 4.79 Å². The lowest BCUT2D eigenvalue weighted by molar-refractivity contribution is -0.124. The molecule has 18 heavy (non-hydrogen) atoms. The number of hydrogen-bond donors (Lipinski definition) is 1. The third-order valence-corrected chi connectivity index (χ3v) is 2.89. The number of rotatable bonds is 4. The van der Waals surface area contributed by atoms with Crippen molar-refractivity contribution in [3.05, 3.63) is 18.2 Å². The van der Waals surface area contributed by atoms with E-state index < -0.39 is 0 Å². The van der Waals surface area contributed by atoms with Gasteiger partial charge in [0.2, 0.25) is 0 Å². The minimum Gasteiger partial charge on any atom is -0.497 e. The van der Waals surface area contributed by atoms with Gasteiger partial charge >= 0.3 is 0 Å². The van der Waals surface area contributed by atoms with E-state index in [1.54, 1.807) is 32.4 Å². The van der Waals surface area contributed by atoms with Crippen LogP contribution in [0.2, 0.25) is 0 Å². The first-order chi connectivity index (χ1) is 8.74. The van der Waals surface area contributed by atoms with E-state index in [2.05, 4.69) is 5.32 Å². The summed E-state index contributed by atoms with van der Waals surface area (Å²) in [5.41, 5.74) is 0.595. The predicted octanol–water partition coefficient (Wildman–Crippen LogP) is 1.82. The molecular weight excluding hydrogens is 234 g/mol. The Morgan fingerprint density at radius 3 is 2.83 bits per heavy atom. The maximum Gasteiger partial charge on any atom is 0.253 e. The van der Waals surface area contributed by atoms with Crippen LogP contribution >= 0.6 is 0 Å². The van der Waals surface area contributed by atoms with Crippen LogP contribution in [0.1, 0.15) is 12.8 Å². The number of nitrogens with one attached hydrogen (secondary N) is 1. The van der Waals surface area contributed by atoms with Gasteiger partial charge in [0.25, 0.3) is 5.91 Å². The molecule has 1 amide bonds. The summed E-state index contributed by atoms with van der Waals surface area (Å²) in [6, 6.07) is 5.26. The summed E-state index contributed by atoms with van der Waals surface area (Å²) in [5.74, 6) is 1.12. The van der Waals surface area contributed by atoms with Crippen LogP contribution in [0.4, 0.5) is 5.69 Å². The Morgan fingerprint density at radius 1 is 1.39 bits per heavy atom. The van der Waals surface area contributed by atoms with Gasteiger partial charge in [0, 0.05) is 12.7 Å². The quantitative estimate of drug-likeness (QED) is 0.886. The smallest absolute Gasteiger partial charge is 0.253 e. The third kappa shape index (κ3) is 2.73. The van der Waals surface area contributed by atoms with Gasteiger partial charge in [0.05, 0.1) is 19.9 Å². The van der Waals surface area contributed by atoms with Gasteiger partial charge in [0.15, 0.2) is 0 Å². The van der Waals surface area contributed by atoms with Crippen LogP contribution in [-0.2, 0) is 9.53 Å². The zero-order valence-corrected chi connectivity index (χ0v) is 10.6. The first-order valence-electron chi connectivity index (χ1n) is 5.89. The number of benzene rings is 1. The second kappa shape index (κ2) is 5.73. The van der Waals surface area contributed by atoms with E-state index in [0.29, 0.717) is 23.8 Å². The first kappa shape index (κ1) is 12.7. The summed E-state index contributed by atoms with van der Waals surface area (Å²) in [7, 11) is 3.14. The molecule has 1 aliphatic rings. The molecule has 1 fully saturated rings. The molecule has 0 saturated carbocycles. The van der Waals surface area contributed by atoms with Crippen molar-refractivity contribution < 1.29 is 19.0 Å². The van der Waals surface area contributed by atoms with Crippen LogP contribution in [0.5, 0.6) is 11.5 Å². The van der Waals surface area contributed by atoms with Crippen molar-refractivity contribution in [3.63, 3.8) is 0 Å². The summed E-state index contributed by atoms with van der Waals surface area (Å²) in [6.45, 7) is 0.646. The topological polar surface area (TPSA) is 56.8 Å². The number of hydrogen-bond acceptors (Lipinski definition) is 4. The minimum atomic E-state index is -0.360. The second-order valence-electron chi connectivity index (χ2n) is 4.06. The van der Waals surface area contributed by atoms with Crippen molar-refractivity contribution in [1.29, 1.82) is 0 Å². The van der Waals surface area contributed by atoms with Crippen LogP contribution in [0.15, 0.2) is 18.2 Å². The molecule has 2 rings (SSSR count). The molecule has 0 spiro atoms. The Morgan fingerprint density at radius 2 is 2.22 bits per heavy atom. The highest BCUT2D eigenvalue weighted by atomic mass is 16.5. The van der Waals surface area contributed by atoms with Crippen LogP contribution in [-0.4, -0.2) is 32.8 Å². The number of carbonyl (C=O) groups excluding carboxylic acids is 1. The Kier molecular flexibility index (Phi) is 4.04. The fraction of sp³-hybridized carbons (Fsp3) is 0.462. The molecule has 1 N–H and O–H groups in total. The summed E-state index contributed by atoms with van der Waals surface area (Å²) in [6.07, 6.45) is 1.33. The molecule has 1 heterocycles. The summed E-state index contributed by atoms with van der Waals surface area (Å²) in [5, 5.41) is 2.81. The van der Waals surface area contributed by atoms with E-state index in [4.69, 9.17) is 14.2 Å². The number of amides is 1. The highest BCUT2D eigenvalue weighted by molar-refractivity contribution is 5.95. The van der Waals surface area contributed by atoms with Crippen LogP contribution in [0, 0.1) is 0 Å². The van der Waals surface area contributed by atoms with Crippen molar-refractivity contribution in [2.45, 2.75) is 18.9 Å². The fourth-order valence-corrected chi connectivity index (χ4v) is 1.91. The third-order valence-electron chi connectivity index (χ3n) is 2.89. The molecule has 1 aliphatic heterocycles. The number of ether oxygens (including phenoxy) is 3. The van der Waals surface area contributed by atoms with E-state index in [1.807, 2.05) is 0 Å². The van der Waals surface area contributed by atoms with Gasteiger partial charge in [-0.1, -0.05) is 0 Å². The average Bonchev–Trinajstić information content (AvgIpc) is 2.92. The predicted molar refractivity (Wildman–Crippen MR) is 67.1 cm³/mol. The van der Waals surface area contributed by atoms with Gasteiger partial charge in [-0.25, -0.2) is 0 Å². The Balaban J connectivity index is 2.13. The average molecular weight is 251 g/mol. The Hall–Kier alpha value is -1.75. The lowest BCUT2D eigenvalue weighted by Gasteiger charge is -2.14. The first-order valence-corrected chi connectivity index (χ1v) is 5.89. The van der Waals surface area contributed by atoms with Gasteiger partial charge in [-0.05, 0) is 25.0 Å². The van der Waals surface area contributed by atoms with E-state index in [1.165, 1.54) is 0 Å². The molecule has 0 aliphatic carbocycles. The number of carbonyl (C=O) groups is 1. The van der Waals surface area contributed by atoms with Crippen molar-refractivity contribution in [2.24, 2.45) is 0 Å². The molecule has 0 unspecified atom stereocenters. The van der Waals surface area contributed by atoms with Crippen molar-refractivity contribution in [3.8, 4) is 11.5 Å². The largest absolute Gasteiger partial charge is 0.497 e. The summed E-state index contributed by atoms with van der Waals surface area (Å²) in [4.78, 5) is 12.0. The molecule has 0 radical (unpaired) electrons. The molecule has 1 aromatic rings. The SMILES string of the molecule is COc1ccc(OC)c(NC(=O)[C@@H]2CCCO2)c1. The molecule has 5 nitrogen and oxygen atoms in total. The second-order valence-corrected chi connectivity index (χ2v) is 4.06. The standard InChI is InChI=1S/C13H17NO4/c1-16-9-5-6-11(17-2)10(8-9)14-13(15)12-4-3-7-18-12/h5-6,8,12H,3-4,7H2,1-2H3,(H,14,15)/t12-/m0/s1. The maximum atomic E-state index is 12.0. The van der Waals surface area contributed by atoms with Crippen molar-refractivity contribution in [1.82, 2.24) is 0 Å². The van der Waals surface area contributed by atoms with Crippen molar-refractivity contribution in [2.75, 3.05) is 26.1 Å². The highest BCUT2D eigenvalue weighted by Gasteiger charge is 2.24. The van der Waals surface area contributed by atoms with Gasteiger partial charge < -0.3 is 19.5 Å². The summed E-state index contributed by atoms with van der Waals surface area (Å²) < 4.78 is 15.7. The van der Waals surface area contributed by atoms with E-state index in [-0.39, 0.29) is 12.0 Å². The Labute approximate surface area is 106 Å². The van der Waals surface area contributed by atoms with E-state index >= 15 is 0 Å². The summed E-state index contributed by atoms with van der Waals surface area (Å²) >= 11 is 0. The zero-order chi connectivity index (χ0) is 13.0. The minimum absolute atomic E-state index is 0.140. The van der Waals surface area contributed by atoms with Gasteiger partial charge in [-0.3, -0.25) is 4.79 Å². The normalized spacial score (nSPS) is 18.4. The highest BCUT2D eigenvalue weighted by Crippen LogP contribution is 2.29. The zero-order valence-electron chi connectivity index (χ0n) is 10.6. The fourth-order valence-electron chi connectivity index (χ4n) is 1.91. The Bertz CT molecular complexity index is 427. The molecule has 1 saturated heterocycles. The molecule has 5 heteroatoms. The number of anilines is 1. The van der Waals surface area contributed by atoms with Gasteiger partial charge in [-0.15, -0.1) is 0 Å². The van der Waals surface area contributed by atoms with E-state index in [0.717, 1.165) is 12.8 Å². The lowest BCUT2D eigenvalue weighted by Crippen LogP contribution is -2.27. The lowest BCUT2D eigenvalue weighted by atomic mass is 10.2. The molecule has 0 bridgehead atoms. The maximum absolute atomic E-state index is 12.0.